The van der Waals surface area contributed by atoms with E-state index in [4.69, 9.17) is 4.74 Å². The maximum Gasteiger partial charge on any atom is 0.416 e. The molecule has 1 saturated heterocycles. The Bertz CT molecular complexity index is 850. The van der Waals surface area contributed by atoms with E-state index < -0.39 is 23.6 Å². The van der Waals surface area contributed by atoms with Gasteiger partial charge in [-0.3, -0.25) is 9.59 Å². The van der Waals surface area contributed by atoms with Gasteiger partial charge in [-0.2, -0.15) is 13.2 Å². The van der Waals surface area contributed by atoms with Crippen LogP contribution in [0.4, 0.5) is 13.2 Å². The molecular formula is C17H18F3N5O3. The molecule has 1 atom stereocenters. The number of aromatic nitrogens is 4. The van der Waals surface area contributed by atoms with Crippen molar-refractivity contribution in [1.29, 1.82) is 0 Å². The van der Waals surface area contributed by atoms with Crippen LogP contribution in [0.2, 0.25) is 0 Å². The van der Waals surface area contributed by atoms with Crippen LogP contribution in [0.3, 0.4) is 0 Å². The summed E-state index contributed by atoms with van der Waals surface area (Å²) in [5, 5.41) is 11.4. The largest absolute Gasteiger partial charge is 0.466 e. The van der Waals surface area contributed by atoms with Gasteiger partial charge in [0.15, 0.2) is 0 Å². The lowest BCUT2D eigenvalue weighted by Gasteiger charge is -2.30. The minimum Gasteiger partial charge on any atom is -0.466 e. The Morgan fingerprint density at radius 3 is 2.61 bits per heavy atom. The Morgan fingerprint density at radius 1 is 1.25 bits per heavy atom. The van der Waals surface area contributed by atoms with Gasteiger partial charge in [0.25, 0.3) is 11.7 Å². The fourth-order valence-corrected chi connectivity index (χ4v) is 2.95. The number of amides is 1. The number of hydrogen-bond donors (Lipinski definition) is 0. The third kappa shape index (κ3) is 4.29. The van der Waals surface area contributed by atoms with Crippen molar-refractivity contribution in [3.63, 3.8) is 0 Å². The summed E-state index contributed by atoms with van der Waals surface area (Å²) in [4.78, 5) is 26.9. The van der Waals surface area contributed by atoms with Crippen molar-refractivity contribution in [2.24, 2.45) is 5.92 Å². The van der Waals surface area contributed by atoms with Gasteiger partial charge in [0.05, 0.1) is 23.8 Å². The first-order valence-corrected chi connectivity index (χ1v) is 8.73. The Kier molecular flexibility index (Phi) is 5.61. The van der Waals surface area contributed by atoms with E-state index in [0.29, 0.717) is 19.4 Å². The average molecular weight is 397 g/mol. The second-order valence-corrected chi connectivity index (χ2v) is 6.29. The van der Waals surface area contributed by atoms with E-state index in [-0.39, 0.29) is 30.6 Å². The molecule has 1 aromatic heterocycles. The average Bonchev–Trinajstić information content (AvgIpc) is 3.17. The summed E-state index contributed by atoms with van der Waals surface area (Å²) in [6.07, 6.45) is -3.17. The molecule has 3 rings (SSSR count). The number of carbonyl (C=O) groups excluding carboxylic acids is 2. The summed E-state index contributed by atoms with van der Waals surface area (Å²) in [5.41, 5.74) is -0.561. The molecule has 1 fully saturated rings. The first kappa shape index (κ1) is 19.8. The number of esters is 1. The van der Waals surface area contributed by atoms with Crippen LogP contribution in [-0.2, 0) is 15.7 Å². The van der Waals surface area contributed by atoms with Crippen molar-refractivity contribution in [3.8, 4) is 5.69 Å². The number of rotatable bonds is 4. The Labute approximate surface area is 158 Å². The molecule has 0 N–H and O–H groups in total. The Hall–Kier alpha value is -2.98. The van der Waals surface area contributed by atoms with Crippen LogP contribution < -0.4 is 0 Å². The molecule has 0 radical (unpaired) electrons. The highest BCUT2D eigenvalue weighted by Crippen LogP contribution is 2.29. The molecule has 1 aromatic carbocycles. The zero-order chi connectivity index (χ0) is 20.3. The van der Waals surface area contributed by atoms with Gasteiger partial charge in [0.2, 0.25) is 0 Å². The zero-order valence-corrected chi connectivity index (χ0v) is 15.0. The minimum absolute atomic E-state index is 0.190. The van der Waals surface area contributed by atoms with Gasteiger partial charge in [-0.15, -0.1) is 15.0 Å². The second-order valence-electron chi connectivity index (χ2n) is 6.29. The summed E-state index contributed by atoms with van der Waals surface area (Å²) < 4.78 is 42.9. The monoisotopic (exact) mass is 397 g/mol. The Balaban J connectivity index is 1.71. The molecule has 0 saturated carbocycles. The molecule has 1 amide bonds. The number of ether oxygens (including phenoxy) is 1. The molecule has 0 aliphatic carbocycles. The first-order valence-electron chi connectivity index (χ1n) is 8.73. The molecule has 1 aliphatic heterocycles. The highest BCUT2D eigenvalue weighted by Gasteiger charge is 2.32. The summed E-state index contributed by atoms with van der Waals surface area (Å²) in [5.74, 6) is -1.43. The van der Waals surface area contributed by atoms with E-state index in [1.165, 1.54) is 17.0 Å². The lowest BCUT2D eigenvalue weighted by atomic mass is 9.98. The van der Waals surface area contributed by atoms with Gasteiger partial charge < -0.3 is 9.64 Å². The molecule has 8 nitrogen and oxygen atoms in total. The fraction of sp³-hybridized carbons (Fsp3) is 0.471. The number of alkyl halides is 3. The van der Waals surface area contributed by atoms with E-state index in [1.54, 1.807) is 6.92 Å². The maximum absolute atomic E-state index is 12.6. The number of nitrogens with zero attached hydrogens (tertiary/aromatic N) is 5. The zero-order valence-electron chi connectivity index (χ0n) is 15.0. The quantitative estimate of drug-likeness (QED) is 0.734. The summed E-state index contributed by atoms with van der Waals surface area (Å²) in [6.45, 7) is 2.63. The number of likely N-dealkylation sites (tertiary alicyclic amines) is 1. The van der Waals surface area contributed by atoms with Crippen molar-refractivity contribution in [2.45, 2.75) is 25.9 Å². The molecule has 1 unspecified atom stereocenters. The van der Waals surface area contributed by atoms with Crippen LogP contribution in [0.1, 0.15) is 35.9 Å². The van der Waals surface area contributed by atoms with Gasteiger partial charge in [-0.05, 0) is 49.2 Å². The molecule has 1 aliphatic rings. The van der Waals surface area contributed by atoms with E-state index in [9.17, 15) is 22.8 Å². The molecule has 2 heterocycles. The fourth-order valence-electron chi connectivity index (χ4n) is 2.95. The van der Waals surface area contributed by atoms with E-state index >= 15 is 0 Å². The first-order chi connectivity index (χ1) is 13.3. The van der Waals surface area contributed by atoms with Crippen LogP contribution in [0.25, 0.3) is 5.69 Å². The van der Waals surface area contributed by atoms with Crippen LogP contribution in [0.15, 0.2) is 24.3 Å². The van der Waals surface area contributed by atoms with Crippen molar-refractivity contribution in [2.75, 3.05) is 19.7 Å². The maximum atomic E-state index is 12.6. The SMILES string of the molecule is CCOC(=O)C1CCCN(C(=O)c2nnn(-c3ccc(C(F)(F)F)cc3)n2)C1. The smallest absolute Gasteiger partial charge is 0.416 e. The van der Waals surface area contributed by atoms with Gasteiger partial charge in [-0.25, -0.2) is 0 Å². The van der Waals surface area contributed by atoms with Crippen molar-refractivity contribution >= 4 is 11.9 Å². The van der Waals surface area contributed by atoms with Crippen molar-refractivity contribution in [3.05, 3.63) is 35.7 Å². The van der Waals surface area contributed by atoms with Gasteiger partial charge in [0, 0.05) is 13.1 Å². The molecule has 2 aromatic rings. The highest BCUT2D eigenvalue weighted by molar-refractivity contribution is 5.90. The Morgan fingerprint density at radius 2 is 1.96 bits per heavy atom. The predicted octanol–water partition coefficient (Wildman–Crippen LogP) is 2.10. The number of hydrogen-bond acceptors (Lipinski definition) is 6. The number of benzene rings is 1. The third-order valence-corrected chi connectivity index (χ3v) is 4.36. The van der Waals surface area contributed by atoms with E-state index in [2.05, 4.69) is 15.4 Å². The predicted molar refractivity (Wildman–Crippen MR) is 89.4 cm³/mol. The van der Waals surface area contributed by atoms with Gasteiger partial charge in [0.1, 0.15) is 0 Å². The summed E-state index contributed by atoms with van der Waals surface area (Å²) in [7, 11) is 0. The van der Waals surface area contributed by atoms with Crippen LogP contribution in [0, 0.1) is 5.92 Å². The summed E-state index contributed by atoms with van der Waals surface area (Å²) >= 11 is 0. The number of carbonyl (C=O) groups is 2. The molecule has 150 valence electrons. The number of halogens is 3. The van der Waals surface area contributed by atoms with E-state index in [1.807, 2.05) is 0 Å². The standard InChI is InChI=1S/C17H18F3N5O3/c1-2-28-16(27)11-4-3-9-24(10-11)15(26)14-21-23-25(22-14)13-7-5-12(6-8-13)17(18,19)20/h5-8,11H,2-4,9-10H2,1H3. The van der Waals surface area contributed by atoms with Crippen LogP contribution >= 0.6 is 0 Å². The number of tetrazole rings is 1. The third-order valence-electron chi connectivity index (χ3n) is 4.36. The molecule has 11 heteroatoms. The topological polar surface area (TPSA) is 90.2 Å². The van der Waals surface area contributed by atoms with Crippen LogP contribution in [-0.4, -0.2) is 56.7 Å². The lowest BCUT2D eigenvalue weighted by Crippen LogP contribution is -2.43. The van der Waals surface area contributed by atoms with Crippen LogP contribution in [0.5, 0.6) is 0 Å². The molecule has 0 spiro atoms. The van der Waals surface area contributed by atoms with Crippen molar-refractivity contribution < 1.29 is 27.5 Å². The van der Waals surface area contributed by atoms with Crippen molar-refractivity contribution in [1.82, 2.24) is 25.1 Å². The lowest BCUT2D eigenvalue weighted by molar-refractivity contribution is -0.149. The summed E-state index contributed by atoms with van der Waals surface area (Å²) in [6, 6.07) is 4.18. The minimum atomic E-state index is -4.45. The molecule has 28 heavy (non-hydrogen) atoms. The van der Waals surface area contributed by atoms with Gasteiger partial charge >= 0.3 is 12.1 Å². The van der Waals surface area contributed by atoms with Gasteiger partial charge in [-0.1, -0.05) is 0 Å². The molecule has 0 bridgehead atoms. The highest BCUT2D eigenvalue weighted by atomic mass is 19.4. The normalized spacial score (nSPS) is 17.4. The number of piperidine rings is 1. The molecular weight excluding hydrogens is 379 g/mol. The van der Waals surface area contributed by atoms with E-state index in [0.717, 1.165) is 16.9 Å². The second kappa shape index (κ2) is 7.95.